The Bertz CT molecular complexity index is 1050. The molecule has 0 aliphatic rings. The van der Waals surface area contributed by atoms with Crippen LogP contribution in [0.4, 0.5) is 10.8 Å². The molecular formula is C17H12N6O4S. The average Bonchev–Trinajstić information content (AvgIpc) is 3.17. The molecule has 0 fully saturated rings. The van der Waals surface area contributed by atoms with Gasteiger partial charge >= 0.3 is 11.8 Å². The van der Waals surface area contributed by atoms with Crippen LogP contribution in [0.15, 0.2) is 59.7 Å². The summed E-state index contributed by atoms with van der Waals surface area (Å²) >= 11 is 1.12. The van der Waals surface area contributed by atoms with Gasteiger partial charge in [-0.1, -0.05) is 53.8 Å². The van der Waals surface area contributed by atoms with Crippen molar-refractivity contribution in [1.29, 1.82) is 0 Å². The van der Waals surface area contributed by atoms with E-state index in [2.05, 4.69) is 20.6 Å². The fourth-order valence-corrected chi connectivity index (χ4v) is 2.80. The van der Waals surface area contributed by atoms with E-state index >= 15 is 0 Å². The molecule has 0 unspecified atom stereocenters. The predicted octanol–water partition coefficient (Wildman–Crippen LogP) is 2.20. The zero-order valence-electron chi connectivity index (χ0n) is 14.1. The molecule has 0 bridgehead atoms. The highest BCUT2D eigenvalue weighted by Gasteiger charge is 2.16. The molecular weight excluding hydrogens is 384 g/mol. The zero-order chi connectivity index (χ0) is 19.9. The van der Waals surface area contributed by atoms with Crippen molar-refractivity contribution in [2.24, 2.45) is 5.10 Å². The Labute approximate surface area is 162 Å². The zero-order valence-corrected chi connectivity index (χ0v) is 14.9. The fourth-order valence-electron chi connectivity index (χ4n) is 2.06. The van der Waals surface area contributed by atoms with Crippen LogP contribution in [0.25, 0.3) is 10.6 Å². The second-order valence-corrected chi connectivity index (χ2v) is 6.26. The van der Waals surface area contributed by atoms with E-state index in [0.717, 1.165) is 16.9 Å². The third-order valence-electron chi connectivity index (χ3n) is 3.33. The van der Waals surface area contributed by atoms with Crippen molar-refractivity contribution in [3.05, 3.63) is 70.3 Å². The van der Waals surface area contributed by atoms with E-state index in [1.807, 2.05) is 35.8 Å². The summed E-state index contributed by atoms with van der Waals surface area (Å²) in [7, 11) is 0. The first-order valence-corrected chi connectivity index (χ1v) is 8.62. The molecule has 0 aliphatic heterocycles. The van der Waals surface area contributed by atoms with E-state index in [-0.39, 0.29) is 10.8 Å². The summed E-state index contributed by atoms with van der Waals surface area (Å²) in [5, 5.41) is 25.2. The summed E-state index contributed by atoms with van der Waals surface area (Å²) in [4.78, 5) is 33.9. The number of carbonyl (C=O) groups is 2. The number of carbonyl (C=O) groups excluding carboxylic acids is 2. The maximum absolute atomic E-state index is 11.9. The number of hydrazone groups is 1. The van der Waals surface area contributed by atoms with Crippen LogP contribution >= 0.6 is 11.3 Å². The molecule has 0 saturated heterocycles. The smallest absolute Gasteiger partial charge is 0.292 e. The van der Waals surface area contributed by atoms with Crippen LogP contribution in [0, 0.1) is 10.1 Å². The summed E-state index contributed by atoms with van der Waals surface area (Å²) in [6.45, 7) is 0. The molecule has 28 heavy (non-hydrogen) atoms. The van der Waals surface area contributed by atoms with Gasteiger partial charge in [0, 0.05) is 23.3 Å². The predicted molar refractivity (Wildman–Crippen MR) is 103 cm³/mol. The lowest BCUT2D eigenvalue weighted by Crippen LogP contribution is -2.32. The van der Waals surface area contributed by atoms with Gasteiger partial charge in [-0.25, -0.2) is 5.43 Å². The molecule has 0 radical (unpaired) electrons. The Hall–Kier alpha value is -3.99. The van der Waals surface area contributed by atoms with E-state index in [1.54, 1.807) is 6.07 Å². The van der Waals surface area contributed by atoms with Crippen LogP contribution in [0.5, 0.6) is 0 Å². The molecule has 3 rings (SSSR count). The molecule has 0 spiro atoms. The molecule has 2 amide bonds. The van der Waals surface area contributed by atoms with Crippen LogP contribution in [-0.2, 0) is 9.59 Å². The van der Waals surface area contributed by atoms with E-state index < -0.39 is 16.7 Å². The maximum Gasteiger partial charge on any atom is 0.329 e. The summed E-state index contributed by atoms with van der Waals surface area (Å²) in [6, 6.07) is 14.9. The lowest BCUT2D eigenvalue weighted by atomic mass is 10.2. The van der Waals surface area contributed by atoms with Crippen molar-refractivity contribution in [2.45, 2.75) is 0 Å². The quantitative estimate of drug-likeness (QED) is 0.293. The van der Waals surface area contributed by atoms with Crippen molar-refractivity contribution in [1.82, 2.24) is 15.6 Å². The van der Waals surface area contributed by atoms with Crippen LogP contribution in [0.3, 0.4) is 0 Å². The SMILES string of the molecule is O=C(NN=Cc1cccc([N+](=O)[O-])c1)C(=O)Nc1nnc(-c2ccccc2)s1. The number of hydrogen-bond acceptors (Lipinski definition) is 8. The van der Waals surface area contributed by atoms with Crippen molar-refractivity contribution < 1.29 is 14.5 Å². The Morgan fingerprint density at radius 1 is 1.07 bits per heavy atom. The highest BCUT2D eigenvalue weighted by molar-refractivity contribution is 7.18. The van der Waals surface area contributed by atoms with Gasteiger partial charge < -0.3 is 0 Å². The number of nitrogens with one attached hydrogen (secondary N) is 2. The number of hydrogen-bond donors (Lipinski definition) is 2. The number of rotatable bonds is 5. The van der Waals surface area contributed by atoms with E-state index in [1.165, 1.54) is 24.4 Å². The monoisotopic (exact) mass is 396 g/mol. The number of nitro groups is 1. The first kappa shape index (κ1) is 18.8. The highest BCUT2D eigenvalue weighted by Crippen LogP contribution is 2.25. The Morgan fingerprint density at radius 3 is 2.61 bits per heavy atom. The number of amides is 2. The second kappa shape index (κ2) is 8.60. The molecule has 3 aromatic rings. The highest BCUT2D eigenvalue weighted by atomic mass is 32.1. The minimum Gasteiger partial charge on any atom is -0.292 e. The molecule has 1 heterocycles. The van der Waals surface area contributed by atoms with Gasteiger partial charge in [0.1, 0.15) is 5.01 Å². The van der Waals surface area contributed by atoms with Gasteiger partial charge in [0.15, 0.2) is 0 Å². The van der Waals surface area contributed by atoms with Gasteiger partial charge in [-0.2, -0.15) is 5.10 Å². The van der Waals surface area contributed by atoms with Crippen molar-refractivity contribution in [2.75, 3.05) is 5.32 Å². The summed E-state index contributed by atoms with van der Waals surface area (Å²) in [6.07, 6.45) is 1.19. The third-order valence-corrected chi connectivity index (χ3v) is 4.22. The number of non-ortho nitro benzene ring substituents is 1. The Morgan fingerprint density at radius 2 is 1.86 bits per heavy atom. The average molecular weight is 396 g/mol. The molecule has 2 N–H and O–H groups in total. The van der Waals surface area contributed by atoms with Gasteiger partial charge in [0.25, 0.3) is 5.69 Å². The van der Waals surface area contributed by atoms with Crippen LogP contribution < -0.4 is 10.7 Å². The van der Waals surface area contributed by atoms with Gasteiger partial charge in [-0.3, -0.25) is 25.0 Å². The molecule has 1 aromatic heterocycles. The normalized spacial score (nSPS) is 10.6. The van der Waals surface area contributed by atoms with E-state index in [0.29, 0.717) is 10.6 Å². The standard InChI is InChI=1S/C17H12N6O4S/c24-14(19-17-22-21-16(28-17)12-6-2-1-3-7-12)15(25)20-18-10-11-5-4-8-13(9-11)23(26)27/h1-10H,(H,20,25)(H,19,22,24). The number of nitrogens with zero attached hydrogens (tertiary/aromatic N) is 4. The fraction of sp³-hybridized carbons (Fsp3) is 0. The summed E-state index contributed by atoms with van der Waals surface area (Å²) < 4.78 is 0. The molecule has 10 nitrogen and oxygen atoms in total. The molecule has 0 saturated carbocycles. The lowest BCUT2D eigenvalue weighted by molar-refractivity contribution is -0.384. The third kappa shape index (κ3) is 4.80. The van der Waals surface area contributed by atoms with Crippen molar-refractivity contribution >= 4 is 40.2 Å². The molecule has 0 aliphatic carbocycles. The minimum atomic E-state index is -1.02. The largest absolute Gasteiger partial charge is 0.329 e. The van der Waals surface area contributed by atoms with Gasteiger partial charge in [-0.05, 0) is 0 Å². The Kier molecular flexibility index (Phi) is 5.77. The van der Waals surface area contributed by atoms with Gasteiger partial charge in [0.05, 0.1) is 11.1 Å². The van der Waals surface area contributed by atoms with E-state index in [9.17, 15) is 19.7 Å². The van der Waals surface area contributed by atoms with Crippen LogP contribution in [-0.4, -0.2) is 33.1 Å². The topological polar surface area (TPSA) is 139 Å². The van der Waals surface area contributed by atoms with Crippen LogP contribution in [0.2, 0.25) is 0 Å². The molecule has 2 aromatic carbocycles. The summed E-state index contributed by atoms with van der Waals surface area (Å²) in [5.41, 5.74) is 3.17. The number of aromatic nitrogens is 2. The maximum atomic E-state index is 11.9. The van der Waals surface area contributed by atoms with Crippen molar-refractivity contribution in [3.8, 4) is 10.6 Å². The van der Waals surface area contributed by atoms with Crippen LogP contribution in [0.1, 0.15) is 5.56 Å². The summed E-state index contributed by atoms with van der Waals surface area (Å²) in [5.74, 6) is -1.98. The van der Waals surface area contributed by atoms with Gasteiger partial charge in [-0.15, -0.1) is 10.2 Å². The number of benzene rings is 2. The van der Waals surface area contributed by atoms with Crippen molar-refractivity contribution in [3.63, 3.8) is 0 Å². The van der Waals surface area contributed by atoms with E-state index in [4.69, 9.17) is 0 Å². The number of anilines is 1. The molecule has 11 heteroatoms. The lowest BCUT2D eigenvalue weighted by Gasteiger charge is -1.99. The first-order valence-electron chi connectivity index (χ1n) is 7.80. The second-order valence-electron chi connectivity index (χ2n) is 5.28. The Balaban J connectivity index is 1.56. The minimum absolute atomic E-state index is 0.112. The molecule has 140 valence electrons. The number of nitro benzene ring substituents is 1. The molecule has 0 atom stereocenters. The van der Waals surface area contributed by atoms with Gasteiger partial charge in [0.2, 0.25) is 5.13 Å². The first-order chi connectivity index (χ1) is 13.5.